The molecule has 1 saturated heterocycles. The van der Waals surface area contributed by atoms with E-state index in [9.17, 15) is 0 Å². The summed E-state index contributed by atoms with van der Waals surface area (Å²) in [7, 11) is 0. The largest absolute Gasteiger partial charge is 0.346 e. The molecule has 34 heavy (non-hydrogen) atoms. The second-order valence-electron chi connectivity index (χ2n) is 8.44. The van der Waals surface area contributed by atoms with Crippen molar-refractivity contribution in [1.29, 1.82) is 0 Å². The molecule has 5 rings (SSSR count). The third-order valence-electron chi connectivity index (χ3n) is 6.04. The Labute approximate surface area is 203 Å². The lowest BCUT2D eigenvalue weighted by Crippen LogP contribution is -2.12. The van der Waals surface area contributed by atoms with Gasteiger partial charge in [-0.3, -0.25) is 0 Å². The zero-order valence-electron chi connectivity index (χ0n) is 19.1. The Balaban J connectivity index is 1.43. The summed E-state index contributed by atoms with van der Waals surface area (Å²) in [4.78, 5) is 16.7. The van der Waals surface area contributed by atoms with Gasteiger partial charge >= 0.3 is 0 Å². The van der Waals surface area contributed by atoms with Gasteiger partial charge in [-0.25, -0.2) is 23.6 Å². The summed E-state index contributed by atoms with van der Waals surface area (Å²) in [5.41, 5.74) is 4.86. The lowest BCUT2D eigenvalue weighted by molar-refractivity contribution is 0.588. The molecule has 6 nitrogen and oxygen atoms in total. The van der Waals surface area contributed by atoms with E-state index in [2.05, 4.69) is 42.5 Å². The Hall–Kier alpha value is -3.23. The first kappa shape index (κ1) is 22.6. The Kier molecular flexibility index (Phi) is 6.60. The van der Waals surface area contributed by atoms with Gasteiger partial charge in [0.25, 0.3) is 0 Å². The van der Waals surface area contributed by atoms with Crippen molar-refractivity contribution in [2.75, 3.05) is 17.8 Å². The maximum Gasteiger partial charge on any atom is 0.154 e. The molecule has 0 spiro atoms. The number of pyridine rings is 1. The average molecular weight is 475 g/mol. The molecule has 0 saturated carbocycles. The summed E-state index contributed by atoms with van der Waals surface area (Å²) in [5.74, 6) is 0.528. The molecule has 8 heteroatoms. The maximum atomic E-state index is 15.4. The van der Waals surface area contributed by atoms with Crippen LogP contribution >= 0.6 is 12.1 Å². The van der Waals surface area contributed by atoms with Gasteiger partial charge < -0.3 is 9.71 Å². The molecule has 0 bridgehead atoms. The normalized spacial score (nSPS) is 14.1. The van der Waals surface area contributed by atoms with Crippen LogP contribution < -0.4 is 4.72 Å². The lowest BCUT2D eigenvalue weighted by Gasteiger charge is -2.16. The summed E-state index contributed by atoms with van der Waals surface area (Å²) in [6.45, 7) is 8.37. The van der Waals surface area contributed by atoms with Gasteiger partial charge in [0.2, 0.25) is 0 Å². The van der Waals surface area contributed by atoms with E-state index in [0.29, 0.717) is 16.8 Å². The number of anilines is 1. The fraction of sp³-hybridized carbons (Fsp3) is 0.269. The fourth-order valence-electron chi connectivity index (χ4n) is 4.15. The van der Waals surface area contributed by atoms with Crippen LogP contribution in [-0.2, 0) is 6.42 Å². The van der Waals surface area contributed by atoms with Gasteiger partial charge in [-0.1, -0.05) is 25.6 Å². The van der Waals surface area contributed by atoms with Crippen molar-refractivity contribution in [3.05, 3.63) is 78.4 Å². The molecule has 1 aliphatic rings. The maximum absolute atomic E-state index is 15.4. The first-order chi connectivity index (χ1) is 16.6. The van der Waals surface area contributed by atoms with E-state index in [4.69, 9.17) is 0 Å². The number of benzene rings is 1. The fourth-order valence-corrected chi connectivity index (χ4v) is 4.98. The van der Waals surface area contributed by atoms with E-state index in [1.807, 2.05) is 30.7 Å². The predicted octanol–water partition coefficient (Wildman–Crippen LogP) is 6.24. The Morgan fingerprint density at radius 1 is 1.12 bits per heavy atom. The third-order valence-corrected chi connectivity index (χ3v) is 6.98. The number of aromatic nitrogens is 4. The van der Waals surface area contributed by atoms with Crippen LogP contribution in [0.15, 0.2) is 55.6 Å². The summed E-state index contributed by atoms with van der Waals surface area (Å²) in [6, 6.07) is 7.40. The van der Waals surface area contributed by atoms with Crippen LogP contribution in [0.25, 0.3) is 27.7 Å². The van der Waals surface area contributed by atoms with Gasteiger partial charge in [-0.05, 0) is 37.0 Å². The quantitative estimate of drug-likeness (QED) is 0.295. The third kappa shape index (κ3) is 4.56. The van der Waals surface area contributed by atoms with E-state index in [-0.39, 0.29) is 5.82 Å². The summed E-state index contributed by atoms with van der Waals surface area (Å²) < 4.78 is 20.8. The van der Waals surface area contributed by atoms with Crippen LogP contribution in [0.5, 0.6) is 0 Å². The first-order valence-corrected chi connectivity index (χ1v) is 12.4. The highest BCUT2D eigenvalue weighted by Gasteiger charge is 2.18. The van der Waals surface area contributed by atoms with Crippen LogP contribution in [0.4, 0.5) is 10.1 Å². The molecule has 0 amide bonds. The molecule has 1 aliphatic heterocycles. The van der Waals surface area contributed by atoms with Crippen LogP contribution in [-0.4, -0.2) is 37.3 Å². The molecule has 4 heterocycles. The topological polar surface area (TPSA) is 69.7 Å². The number of aromatic amines is 1. The molecule has 4 aromatic rings. The SMILES string of the molecule is C=C(c1cccc(NSN2CCCC2)c1F)c1c[nH]c2ncc(-c3cnc(CCC)nc3)cc12. The molecule has 174 valence electrons. The van der Waals surface area contributed by atoms with E-state index >= 15 is 4.39 Å². The molecule has 0 radical (unpaired) electrons. The molecule has 0 atom stereocenters. The van der Waals surface area contributed by atoms with Crippen LogP contribution in [0.3, 0.4) is 0 Å². The number of nitrogens with one attached hydrogen (secondary N) is 2. The van der Waals surface area contributed by atoms with E-state index < -0.39 is 0 Å². The second kappa shape index (κ2) is 9.95. The predicted molar refractivity (Wildman–Crippen MR) is 138 cm³/mol. The van der Waals surface area contributed by atoms with Gasteiger partial charge in [-0.15, -0.1) is 0 Å². The number of fused-ring (bicyclic) bond motifs is 1. The smallest absolute Gasteiger partial charge is 0.154 e. The lowest BCUT2D eigenvalue weighted by atomic mass is 9.98. The molecule has 1 fully saturated rings. The van der Waals surface area contributed by atoms with Gasteiger partial charge in [0.1, 0.15) is 11.5 Å². The van der Waals surface area contributed by atoms with Crippen LogP contribution in [0.1, 0.15) is 43.1 Å². The van der Waals surface area contributed by atoms with Gasteiger partial charge in [-0.2, -0.15) is 0 Å². The van der Waals surface area contributed by atoms with Gasteiger partial charge in [0.15, 0.2) is 5.82 Å². The number of aryl methyl sites for hydroxylation is 1. The molecule has 0 unspecified atom stereocenters. The molecule has 3 aromatic heterocycles. The van der Waals surface area contributed by atoms with E-state index in [1.54, 1.807) is 18.3 Å². The van der Waals surface area contributed by atoms with Gasteiger partial charge in [0, 0.05) is 84.1 Å². The average Bonchev–Trinajstić information content (AvgIpc) is 3.53. The molecular formula is C26H27FN6S. The standard InChI is InChI=1S/C26H27FN6S/c1-3-7-24-28-14-19(15-29-24)18-12-21-22(16-31-26(21)30-13-18)17(2)20-8-6-9-23(25(20)27)32-34-33-10-4-5-11-33/h6,8-9,12-16,32H,2-5,7,10-11H2,1H3,(H,30,31). The van der Waals surface area contributed by atoms with E-state index in [0.717, 1.165) is 59.5 Å². The van der Waals surface area contributed by atoms with Crippen LogP contribution in [0, 0.1) is 5.82 Å². The zero-order chi connectivity index (χ0) is 23.5. The highest BCUT2D eigenvalue weighted by atomic mass is 32.2. The van der Waals surface area contributed by atoms with Crippen molar-refractivity contribution >= 4 is 34.4 Å². The van der Waals surface area contributed by atoms with Crippen molar-refractivity contribution in [2.45, 2.75) is 32.6 Å². The number of hydrogen-bond donors (Lipinski definition) is 2. The second-order valence-corrected chi connectivity index (χ2v) is 9.34. The minimum absolute atomic E-state index is 0.308. The van der Waals surface area contributed by atoms with Crippen molar-refractivity contribution in [3.8, 4) is 11.1 Å². The molecule has 0 aliphatic carbocycles. The van der Waals surface area contributed by atoms with E-state index in [1.165, 1.54) is 25.0 Å². The Morgan fingerprint density at radius 3 is 2.65 bits per heavy atom. The Bertz CT molecular complexity index is 1310. The van der Waals surface area contributed by atoms with Crippen LogP contribution in [0.2, 0.25) is 0 Å². The van der Waals surface area contributed by atoms with Crippen molar-refractivity contribution < 1.29 is 4.39 Å². The highest BCUT2D eigenvalue weighted by Crippen LogP contribution is 2.34. The van der Waals surface area contributed by atoms with Gasteiger partial charge in [0.05, 0.1) is 5.69 Å². The minimum Gasteiger partial charge on any atom is -0.346 e. The number of nitrogens with zero attached hydrogens (tertiary/aromatic N) is 4. The summed E-state index contributed by atoms with van der Waals surface area (Å²) in [5, 5.41) is 0.879. The molecule has 1 aromatic carbocycles. The van der Waals surface area contributed by atoms with Crippen molar-refractivity contribution in [2.24, 2.45) is 0 Å². The molecule has 2 N–H and O–H groups in total. The monoisotopic (exact) mass is 474 g/mol. The van der Waals surface area contributed by atoms with Crippen molar-refractivity contribution in [1.82, 2.24) is 24.2 Å². The number of rotatable bonds is 8. The Morgan fingerprint density at radius 2 is 1.88 bits per heavy atom. The molecular weight excluding hydrogens is 447 g/mol. The highest BCUT2D eigenvalue weighted by molar-refractivity contribution is 7.98. The minimum atomic E-state index is -0.308. The zero-order valence-corrected chi connectivity index (χ0v) is 20.0. The summed E-state index contributed by atoms with van der Waals surface area (Å²) in [6.07, 6.45) is 11.5. The van der Waals surface area contributed by atoms with Crippen molar-refractivity contribution in [3.63, 3.8) is 0 Å². The number of hydrogen-bond acceptors (Lipinski definition) is 6. The number of H-pyrrole nitrogens is 1. The first-order valence-electron chi connectivity index (χ1n) is 11.6. The summed E-state index contributed by atoms with van der Waals surface area (Å²) >= 11 is 1.46. The number of halogens is 1.